The second kappa shape index (κ2) is 18.3. The molecule has 5 nitrogen and oxygen atoms in total. The zero-order valence-corrected chi connectivity index (χ0v) is 24.0. The van der Waals surface area contributed by atoms with Gasteiger partial charge < -0.3 is 11.5 Å². The van der Waals surface area contributed by atoms with Gasteiger partial charge in [-0.2, -0.15) is 0 Å². The van der Waals surface area contributed by atoms with Crippen molar-refractivity contribution in [2.45, 2.75) is 142 Å². The van der Waals surface area contributed by atoms with E-state index in [0.717, 1.165) is 12.8 Å². The molecule has 0 fully saturated rings. The molecular formula is C32H55N3O2. The Morgan fingerprint density at radius 1 is 0.568 bits per heavy atom. The fraction of sp³-hybridized carbons (Fsp3) is 0.750. The first-order valence-corrected chi connectivity index (χ1v) is 15.5. The molecule has 1 aliphatic rings. The number of imide groups is 1. The van der Waals surface area contributed by atoms with Crippen molar-refractivity contribution < 1.29 is 9.59 Å². The zero-order valence-electron chi connectivity index (χ0n) is 24.0. The van der Waals surface area contributed by atoms with E-state index in [-0.39, 0.29) is 11.8 Å². The minimum atomic E-state index is -0.212. The summed E-state index contributed by atoms with van der Waals surface area (Å²) < 4.78 is 0. The number of carbonyl (C=O) groups excluding carboxylic acids is 2. The first-order chi connectivity index (χ1) is 18.0. The van der Waals surface area contributed by atoms with Crippen LogP contribution < -0.4 is 11.5 Å². The highest BCUT2D eigenvalue weighted by molar-refractivity contribution is 6.22. The highest BCUT2D eigenvalue weighted by Gasteiger charge is 2.37. The van der Waals surface area contributed by atoms with Crippen molar-refractivity contribution in [2.75, 3.05) is 18.0 Å². The maximum atomic E-state index is 13.1. The fourth-order valence-corrected chi connectivity index (χ4v) is 5.61. The van der Waals surface area contributed by atoms with Crippen LogP contribution in [0, 0.1) is 5.92 Å². The molecule has 2 rings (SSSR count). The van der Waals surface area contributed by atoms with Crippen LogP contribution in [-0.2, 0) is 0 Å². The van der Waals surface area contributed by atoms with E-state index < -0.39 is 0 Å². The first-order valence-electron chi connectivity index (χ1n) is 15.5. The zero-order chi connectivity index (χ0) is 26.9. The third-order valence-electron chi connectivity index (χ3n) is 8.05. The van der Waals surface area contributed by atoms with Crippen molar-refractivity contribution >= 4 is 23.2 Å². The summed E-state index contributed by atoms with van der Waals surface area (Å²) in [6.07, 6.45) is 25.8. The quantitative estimate of drug-likeness (QED) is 0.0920. The molecule has 0 saturated heterocycles. The van der Waals surface area contributed by atoms with E-state index >= 15 is 0 Å². The third-order valence-corrected chi connectivity index (χ3v) is 8.05. The van der Waals surface area contributed by atoms with Gasteiger partial charge in [-0.3, -0.25) is 14.5 Å². The number of nitrogens with zero attached hydrogens (tertiary/aromatic N) is 1. The Hall–Kier alpha value is -2.04. The van der Waals surface area contributed by atoms with Crippen molar-refractivity contribution in [3.05, 3.63) is 23.3 Å². The molecule has 0 aromatic heterocycles. The Balaban J connectivity index is 1.80. The lowest BCUT2D eigenvalue weighted by molar-refractivity contribution is 0.0621. The average Bonchev–Trinajstić information content (AvgIpc) is 3.10. The summed E-state index contributed by atoms with van der Waals surface area (Å²) in [5.74, 6) is -0.0579. The third kappa shape index (κ3) is 11.1. The van der Waals surface area contributed by atoms with Crippen LogP contribution in [0.1, 0.15) is 163 Å². The van der Waals surface area contributed by atoms with E-state index in [1.54, 1.807) is 12.1 Å². The second-order valence-corrected chi connectivity index (χ2v) is 11.3. The molecule has 0 saturated carbocycles. The van der Waals surface area contributed by atoms with Crippen LogP contribution in [0.3, 0.4) is 0 Å². The highest BCUT2D eigenvalue weighted by atomic mass is 16.2. The predicted molar refractivity (Wildman–Crippen MR) is 158 cm³/mol. The lowest BCUT2D eigenvalue weighted by atomic mass is 9.93. The number of carbonyl (C=O) groups is 2. The Morgan fingerprint density at radius 2 is 0.892 bits per heavy atom. The lowest BCUT2D eigenvalue weighted by Crippen LogP contribution is -2.34. The Kier molecular flexibility index (Phi) is 15.4. The molecule has 1 aromatic carbocycles. The number of benzene rings is 1. The van der Waals surface area contributed by atoms with Crippen LogP contribution >= 0.6 is 0 Å². The smallest absolute Gasteiger partial charge is 0.261 e. The van der Waals surface area contributed by atoms with Gasteiger partial charge in [-0.05, 0) is 30.9 Å². The van der Waals surface area contributed by atoms with Gasteiger partial charge in [-0.25, -0.2) is 0 Å². The van der Waals surface area contributed by atoms with E-state index in [2.05, 4.69) is 13.8 Å². The van der Waals surface area contributed by atoms with Gasteiger partial charge in [0, 0.05) is 6.54 Å². The van der Waals surface area contributed by atoms with Crippen molar-refractivity contribution in [3.63, 3.8) is 0 Å². The molecule has 1 aromatic rings. The first kappa shape index (κ1) is 31.2. The molecule has 1 unspecified atom stereocenters. The van der Waals surface area contributed by atoms with Gasteiger partial charge in [0.05, 0.1) is 22.5 Å². The van der Waals surface area contributed by atoms with Crippen LogP contribution in [0.25, 0.3) is 0 Å². The number of rotatable bonds is 22. The molecule has 4 N–H and O–H groups in total. The van der Waals surface area contributed by atoms with Crippen molar-refractivity contribution in [3.8, 4) is 0 Å². The van der Waals surface area contributed by atoms with E-state index in [0.29, 0.717) is 35.0 Å². The van der Waals surface area contributed by atoms with Crippen LogP contribution in [0.4, 0.5) is 11.4 Å². The molecule has 1 aliphatic heterocycles. The summed E-state index contributed by atoms with van der Waals surface area (Å²) in [5.41, 5.74) is 13.4. The van der Waals surface area contributed by atoms with Gasteiger partial charge in [-0.1, -0.05) is 129 Å². The van der Waals surface area contributed by atoms with E-state index in [1.807, 2.05) is 0 Å². The standard InChI is InChI=1S/C32H55N3O2/c1-3-5-7-9-11-13-14-16-18-20-22-26(21-19-17-15-12-10-8-6-4-2)25-35-31(36)27-23-29(33)30(34)24-28(27)32(35)37/h23-24,26H,3-22,25,33-34H2,1-2H3. The van der Waals surface area contributed by atoms with Gasteiger partial charge >= 0.3 is 0 Å². The van der Waals surface area contributed by atoms with Gasteiger partial charge in [0.25, 0.3) is 11.8 Å². The van der Waals surface area contributed by atoms with Gasteiger partial charge in [-0.15, -0.1) is 0 Å². The second-order valence-electron chi connectivity index (χ2n) is 11.3. The molecule has 0 radical (unpaired) electrons. The normalized spacial score (nSPS) is 13.9. The molecule has 5 heteroatoms. The number of hydrogen-bond donors (Lipinski definition) is 2. The fourth-order valence-electron chi connectivity index (χ4n) is 5.61. The molecule has 2 amide bonds. The van der Waals surface area contributed by atoms with Crippen LogP contribution in [0.5, 0.6) is 0 Å². The number of nitrogens with two attached hydrogens (primary N) is 2. The van der Waals surface area contributed by atoms with E-state index in [4.69, 9.17) is 11.5 Å². The van der Waals surface area contributed by atoms with Crippen LogP contribution in [-0.4, -0.2) is 23.3 Å². The van der Waals surface area contributed by atoms with Crippen molar-refractivity contribution in [1.29, 1.82) is 0 Å². The largest absolute Gasteiger partial charge is 0.397 e. The lowest BCUT2D eigenvalue weighted by Gasteiger charge is -2.23. The molecule has 0 aliphatic carbocycles. The Morgan fingerprint density at radius 3 is 1.24 bits per heavy atom. The SMILES string of the molecule is CCCCCCCCCCCCC(CCCCCCCCCC)CN1C(=O)c2cc(N)c(N)cc2C1=O. The van der Waals surface area contributed by atoms with Gasteiger partial charge in [0.1, 0.15) is 0 Å². The summed E-state index contributed by atoms with van der Waals surface area (Å²) in [5, 5.41) is 0. The topological polar surface area (TPSA) is 89.4 Å². The summed E-state index contributed by atoms with van der Waals surface area (Å²) in [6, 6.07) is 3.14. The molecule has 210 valence electrons. The number of hydrogen-bond acceptors (Lipinski definition) is 4. The van der Waals surface area contributed by atoms with Crippen molar-refractivity contribution in [2.24, 2.45) is 5.92 Å². The maximum Gasteiger partial charge on any atom is 0.261 e. The Bertz CT molecular complexity index is 766. The van der Waals surface area contributed by atoms with Crippen LogP contribution in [0.15, 0.2) is 12.1 Å². The predicted octanol–water partition coefficient (Wildman–Crippen LogP) is 8.91. The summed E-state index contributed by atoms with van der Waals surface area (Å²) in [7, 11) is 0. The Labute approximate surface area is 227 Å². The molecule has 1 heterocycles. The minimum absolute atomic E-state index is 0.212. The van der Waals surface area contributed by atoms with Crippen LogP contribution in [0.2, 0.25) is 0 Å². The molecule has 37 heavy (non-hydrogen) atoms. The molecule has 0 spiro atoms. The maximum absolute atomic E-state index is 13.1. The molecule has 0 bridgehead atoms. The van der Waals surface area contributed by atoms with E-state index in [9.17, 15) is 9.59 Å². The number of unbranched alkanes of at least 4 members (excludes halogenated alkanes) is 16. The number of nitrogen functional groups attached to an aromatic ring is 2. The van der Waals surface area contributed by atoms with Gasteiger partial charge in [0.15, 0.2) is 0 Å². The monoisotopic (exact) mass is 513 g/mol. The average molecular weight is 514 g/mol. The highest BCUT2D eigenvalue weighted by Crippen LogP contribution is 2.31. The molecule has 1 atom stereocenters. The number of fused-ring (bicyclic) bond motifs is 1. The summed E-state index contributed by atoms with van der Waals surface area (Å²) in [6.45, 7) is 5.04. The molecular weight excluding hydrogens is 458 g/mol. The summed E-state index contributed by atoms with van der Waals surface area (Å²) in [4.78, 5) is 27.6. The number of amides is 2. The van der Waals surface area contributed by atoms with Crippen molar-refractivity contribution in [1.82, 2.24) is 4.90 Å². The van der Waals surface area contributed by atoms with Gasteiger partial charge in [0.2, 0.25) is 0 Å². The van der Waals surface area contributed by atoms with E-state index in [1.165, 1.54) is 120 Å². The number of anilines is 2. The minimum Gasteiger partial charge on any atom is -0.397 e. The summed E-state index contributed by atoms with van der Waals surface area (Å²) >= 11 is 0.